The number of nitrogen functional groups attached to an aromatic ring is 1. The van der Waals surface area contributed by atoms with E-state index in [2.05, 4.69) is 28.6 Å². The molecule has 0 saturated heterocycles. The maximum absolute atomic E-state index is 5.83. The first kappa shape index (κ1) is 12.7. The summed E-state index contributed by atoms with van der Waals surface area (Å²) >= 11 is 0. The fourth-order valence-corrected chi connectivity index (χ4v) is 2.46. The Labute approximate surface area is 118 Å². The zero-order valence-corrected chi connectivity index (χ0v) is 11.6. The van der Waals surface area contributed by atoms with Gasteiger partial charge in [0.25, 0.3) is 0 Å². The standard InChI is InChI=1S/C16H18N4/c1-2-5-16-19-14-6-3-4-7-15(14)20(16)11-13-10-12(17)8-9-18-13/h3-4,6-10H,2,5,11H2,1H3,(H2,17,18). The zero-order chi connectivity index (χ0) is 13.9. The monoisotopic (exact) mass is 266 g/mol. The summed E-state index contributed by atoms with van der Waals surface area (Å²) in [7, 11) is 0. The predicted molar refractivity (Wildman–Crippen MR) is 81.5 cm³/mol. The number of aromatic nitrogens is 3. The zero-order valence-electron chi connectivity index (χ0n) is 11.6. The maximum atomic E-state index is 5.83. The number of anilines is 1. The summed E-state index contributed by atoms with van der Waals surface area (Å²) in [6, 6.07) is 12.0. The Bertz CT molecular complexity index is 730. The molecule has 0 spiro atoms. The lowest BCUT2D eigenvalue weighted by atomic mass is 10.2. The molecule has 0 atom stereocenters. The van der Waals surface area contributed by atoms with Gasteiger partial charge in [-0.15, -0.1) is 0 Å². The molecule has 2 heterocycles. The van der Waals surface area contributed by atoms with Crippen molar-refractivity contribution >= 4 is 16.7 Å². The molecule has 102 valence electrons. The molecule has 2 N–H and O–H groups in total. The molecule has 0 aliphatic heterocycles. The molecule has 1 aromatic carbocycles. The van der Waals surface area contributed by atoms with Gasteiger partial charge in [-0.1, -0.05) is 19.1 Å². The summed E-state index contributed by atoms with van der Waals surface area (Å²) in [5, 5.41) is 0. The minimum Gasteiger partial charge on any atom is -0.399 e. The number of pyridine rings is 1. The fraction of sp³-hybridized carbons (Fsp3) is 0.250. The first-order valence-electron chi connectivity index (χ1n) is 6.92. The molecule has 0 unspecified atom stereocenters. The summed E-state index contributed by atoms with van der Waals surface area (Å²) in [6.45, 7) is 2.88. The number of benzene rings is 1. The fourth-order valence-electron chi connectivity index (χ4n) is 2.46. The number of nitrogens with zero attached hydrogens (tertiary/aromatic N) is 3. The molecule has 0 aliphatic rings. The Morgan fingerprint density at radius 2 is 2.05 bits per heavy atom. The van der Waals surface area contributed by atoms with Crippen LogP contribution >= 0.6 is 0 Å². The van der Waals surface area contributed by atoms with E-state index in [0.29, 0.717) is 6.54 Å². The van der Waals surface area contributed by atoms with Crippen molar-refractivity contribution in [1.29, 1.82) is 0 Å². The predicted octanol–water partition coefficient (Wildman–Crippen LogP) is 3.01. The number of aryl methyl sites for hydroxylation is 1. The van der Waals surface area contributed by atoms with Crippen molar-refractivity contribution in [3.63, 3.8) is 0 Å². The third-order valence-corrected chi connectivity index (χ3v) is 3.37. The topological polar surface area (TPSA) is 56.7 Å². The highest BCUT2D eigenvalue weighted by molar-refractivity contribution is 5.76. The van der Waals surface area contributed by atoms with E-state index in [1.165, 1.54) is 0 Å². The summed E-state index contributed by atoms with van der Waals surface area (Å²) in [5.41, 5.74) is 9.74. The highest BCUT2D eigenvalue weighted by atomic mass is 15.1. The number of nitrogens with two attached hydrogens (primary N) is 1. The van der Waals surface area contributed by atoms with E-state index in [1.807, 2.05) is 24.3 Å². The van der Waals surface area contributed by atoms with E-state index in [-0.39, 0.29) is 0 Å². The van der Waals surface area contributed by atoms with Crippen LogP contribution < -0.4 is 5.73 Å². The van der Waals surface area contributed by atoms with Gasteiger partial charge in [-0.2, -0.15) is 0 Å². The van der Waals surface area contributed by atoms with Crippen LogP contribution in [0.1, 0.15) is 24.9 Å². The van der Waals surface area contributed by atoms with Crippen LogP contribution in [0.3, 0.4) is 0 Å². The second-order valence-electron chi connectivity index (χ2n) is 4.93. The van der Waals surface area contributed by atoms with Crippen molar-refractivity contribution < 1.29 is 0 Å². The SMILES string of the molecule is CCCc1nc2ccccc2n1Cc1cc(N)ccn1. The van der Waals surface area contributed by atoms with Gasteiger partial charge < -0.3 is 10.3 Å². The second-order valence-corrected chi connectivity index (χ2v) is 4.93. The third kappa shape index (κ3) is 2.37. The van der Waals surface area contributed by atoms with Gasteiger partial charge in [0.1, 0.15) is 5.82 Å². The average molecular weight is 266 g/mol. The molecule has 2 aromatic heterocycles. The molecule has 4 nitrogen and oxygen atoms in total. The van der Waals surface area contributed by atoms with Gasteiger partial charge in [0.2, 0.25) is 0 Å². The summed E-state index contributed by atoms with van der Waals surface area (Å²) in [5.74, 6) is 1.11. The van der Waals surface area contributed by atoms with Crippen molar-refractivity contribution in [2.75, 3.05) is 5.73 Å². The minimum atomic E-state index is 0.709. The van der Waals surface area contributed by atoms with E-state index in [4.69, 9.17) is 10.7 Å². The molecule has 0 bridgehead atoms. The number of fused-ring (bicyclic) bond motifs is 1. The van der Waals surface area contributed by atoms with E-state index in [1.54, 1.807) is 6.20 Å². The van der Waals surface area contributed by atoms with Gasteiger partial charge in [-0.05, 0) is 30.7 Å². The quantitative estimate of drug-likeness (QED) is 0.789. The third-order valence-electron chi connectivity index (χ3n) is 3.37. The van der Waals surface area contributed by atoms with Crippen molar-refractivity contribution in [1.82, 2.24) is 14.5 Å². The number of imidazole rings is 1. The smallest absolute Gasteiger partial charge is 0.110 e. The van der Waals surface area contributed by atoms with E-state index < -0.39 is 0 Å². The largest absolute Gasteiger partial charge is 0.399 e. The summed E-state index contributed by atoms with van der Waals surface area (Å²) in [6.07, 6.45) is 3.80. The highest BCUT2D eigenvalue weighted by Crippen LogP contribution is 2.19. The summed E-state index contributed by atoms with van der Waals surface area (Å²) in [4.78, 5) is 9.12. The van der Waals surface area contributed by atoms with Gasteiger partial charge in [0.05, 0.1) is 23.3 Å². The van der Waals surface area contributed by atoms with Gasteiger partial charge >= 0.3 is 0 Å². The Hall–Kier alpha value is -2.36. The van der Waals surface area contributed by atoms with Crippen LogP contribution in [-0.4, -0.2) is 14.5 Å². The molecule has 0 aliphatic carbocycles. The van der Waals surface area contributed by atoms with Crippen LogP contribution in [0.25, 0.3) is 11.0 Å². The van der Waals surface area contributed by atoms with Gasteiger partial charge in [-0.25, -0.2) is 4.98 Å². The van der Waals surface area contributed by atoms with Crippen molar-refractivity contribution in [3.05, 3.63) is 54.1 Å². The van der Waals surface area contributed by atoms with Crippen LogP contribution in [0, 0.1) is 0 Å². The Morgan fingerprint density at radius 3 is 2.85 bits per heavy atom. The Balaban J connectivity index is 2.06. The molecular formula is C16H18N4. The van der Waals surface area contributed by atoms with Crippen LogP contribution in [-0.2, 0) is 13.0 Å². The Kier molecular flexibility index (Phi) is 3.37. The first-order chi connectivity index (χ1) is 9.78. The molecule has 20 heavy (non-hydrogen) atoms. The van der Waals surface area contributed by atoms with Crippen LogP contribution in [0.4, 0.5) is 5.69 Å². The van der Waals surface area contributed by atoms with Gasteiger partial charge in [0, 0.05) is 18.3 Å². The normalized spacial score (nSPS) is 11.1. The Morgan fingerprint density at radius 1 is 1.20 bits per heavy atom. The number of para-hydroxylation sites is 2. The van der Waals surface area contributed by atoms with E-state index >= 15 is 0 Å². The summed E-state index contributed by atoms with van der Waals surface area (Å²) < 4.78 is 2.24. The lowest BCUT2D eigenvalue weighted by Crippen LogP contribution is -2.06. The van der Waals surface area contributed by atoms with Crippen molar-refractivity contribution in [2.24, 2.45) is 0 Å². The molecule has 3 rings (SSSR count). The number of rotatable bonds is 4. The van der Waals surface area contributed by atoms with Crippen molar-refractivity contribution in [2.45, 2.75) is 26.3 Å². The average Bonchev–Trinajstić information content (AvgIpc) is 2.78. The van der Waals surface area contributed by atoms with Crippen LogP contribution in [0.2, 0.25) is 0 Å². The number of hydrogen-bond donors (Lipinski definition) is 1. The molecule has 4 heteroatoms. The van der Waals surface area contributed by atoms with Crippen LogP contribution in [0.5, 0.6) is 0 Å². The van der Waals surface area contributed by atoms with Crippen molar-refractivity contribution in [3.8, 4) is 0 Å². The maximum Gasteiger partial charge on any atom is 0.110 e. The minimum absolute atomic E-state index is 0.709. The van der Waals surface area contributed by atoms with Gasteiger partial charge in [-0.3, -0.25) is 4.98 Å². The van der Waals surface area contributed by atoms with E-state index in [0.717, 1.165) is 41.1 Å². The second kappa shape index (κ2) is 5.33. The molecule has 0 radical (unpaired) electrons. The van der Waals surface area contributed by atoms with Crippen LogP contribution in [0.15, 0.2) is 42.6 Å². The van der Waals surface area contributed by atoms with Gasteiger partial charge in [0.15, 0.2) is 0 Å². The lowest BCUT2D eigenvalue weighted by Gasteiger charge is -2.08. The lowest BCUT2D eigenvalue weighted by molar-refractivity contribution is 0.710. The molecular weight excluding hydrogens is 248 g/mol. The van der Waals surface area contributed by atoms with E-state index in [9.17, 15) is 0 Å². The molecule has 0 saturated carbocycles. The first-order valence-corrected chi connectivity index (χ1v) is 6.92. The molecule has 0 fully saturated rings. The molecule has 3 aromatic rings. The number of hydrogen-bond acceptors (Lipinski definition) is 3. The molecule has 0 amide bonds. The highest BCUT2D eigenvalue weighted by Gasteiger charge is 2.10.